The standard InChI is InChI=1S/C20H41NO5/c1-4-7-11-24-14-10-21-15-18(22)19(23)20(26-13-9-6-3)17(21)16-25-12-8-5-2/h17-20,22-23H,4-16H2,1-3H3. The van der Waals surface area contributed by atoms with Gasteiger partial charge >= 0.3 is 0 Å². The molecule has 1 saturated heterocycles. The van der Waals surface area contributed by atoms with E-state index in [0.717, 1.165) is 45.1 Å². The van der Waals surface area contributed by atoms with Gasteiger partial charge in [-0.05, 0) is 19.3 Å². The van der Waals surface area contributed by atoms with Gasteiger partial charge < -0.3 is 24.4 Å². The Labute approximate surface area is 159 Å². The van der Waals surface area contributed by atoms with Crippen molar-refractivity contribution in [2.24, 2.45) is 0 Å². The van der Waals surface area contributed by atoms with E-state index >= 15 is 0 Å². The fourth-order valence-electron chi connectivity index (χ4n) is 3.15. The number of rotatable bonds is 15. The van der Waals surface area contributed by atoms with Crippen LogP contribution in [-0.4, -0.2) is 85.6 Å². The van der Waals surface area contributed by atoms with E-state index in [1.807, 2.05) is 0 Å². The van der Waals surface area contributed by atoms with Crippen molar-refractivity contribution in [2.75, 3.05) is 46.1 Å². The molecule has 4 unspecified atom stereocenters. The van der Waals surface area contributed by atoms with Crippen molar-refractivity contribution in [2.45, 2.75) is 83.6 Å². The lowest BCUT2D eigenvalue weighted by Crippen LogP contribution is -2.64. The van der Waals surface area contributed by atoms with E-state index in [1.54, 1.807) is 0 Å². The first-order valence-corrected chi connectivity index (χ1v) is 10.5. The molecular weight excluding hydrogens is 334 g/mol. The minimum atomic E-state index is -0.871. The average molecular weight is 376 g/mol. The van der Waals surface area contributed by atoms with Crippen LogP contribution in [0.4, 0.5) is 0 Å². The summed E-state index contributed by atoms with van der Waals surface area (Å²) in [6.45, 7) is 10.7. The van der Waals surface area contributed by atoms with Gasteiger partial charge in [0.15, 0.2) is 0 Å². The first-order valence-electron chi connectivity index (χ1n) is 10.5. The van der Waals surface area contributed by atoms with Crippen LogP contribution < -0.4 is 0 Å². The molecule has 1 fully saturated rings. The second kappa shape index (κ2) is 14.8. The average Bonchev–Trinajstić information content (AvgIpc) is 2.64. The third-order valence-corrected chi connectivity index (χ3v) is 4.90. The third-order valence-electron chi connectivity index (χ3n) is 4.90. The highest BCUT2D eigenvalue weighted by molar-refractivity contribution is 4.95. The SMILES string of the molecule is CCCCOCCN1CC(O)C(O)C(OCCCC)C1COCCCC. The summed E-state index contributed by atoms with van der Waals surface area (Å²) >= 11 is 0. The van der Waals surface area contributed by atoms with Crippen LogP contribution in [0.1, 0.15) is 59.3 Å². The molecule has 0 aromatic rings. The van der Waals surface area contributed by atoms with Crippen LogP contribution >= 0.6 is 0 Å². The van der Waals surface area contributed by atoms with E-state index in [9.17, 15) is 10.2 Å². The molecule has 6 heteroatoms. The van der Waals surface area contributed by atoms with Gasteiger partial charge in [-0.1, -0.05) is 40.0 Å². The van der Waals surface area contributed by atoms with Crippen molar-refractivity contribution < 1.29 is 24.4 Å². The number of aliphatic hydroxyl groups is 2. The summed E-state index contributed by atoms with van der Waals surface area (Å²) < 4.78 is 17.5. The molecule has 0 spiro atoms. The third kappa shape index (κ3) is 8.63. The van der Waals surface area contributed by atoms with Crippen LogP contribution in [0.25, 0.3) is 0 Å². The molecule has 1 rings (SSSR count). The van der Waals surface area contributed by atoms with Crippen LogP contribution in [0, 0.1) is 0 Å². The second-order valence-corrected chi connectivity index (χ2v) is 7.20. The maximum atomic E-state index is 10.5. The highest BCUT2D eigenvalue weighted by Gasteiger charge is 2.42. The summed E-state index contributed by atoms with van der Waals surface area (Å²) in [4.78, 5) is 2.16. The summed E-state index contributed by atoms with van der Waals surface area (Å²) in [5.41, 5.74) is 0. The van der Waals surface area contributed by atoms with Crippen LogP contribution in [0.15, 0.2) is 0 Å². The lowest BCUT2D eigenvalue weighted by atomic mass is 9.94. The molecule has 0 saturated carbocycles. The van der Waals surface area contributed by atoms with E-state index < -0.39 is 18.3 Å². The van der Waals surface area contributed by atoms with E-state index in [1.165, 1.54) is 0 Å². The molecule has 26 heavy (non-hydrogen) atoms. The van der Waals surface area contributed by atoms with Crippen molar-refractivity contribution in [3.8, 4) is 0 Å². The zero-order valence-electron chi connectivity index (χ0n) is 17.1. The predicted molar refractivity (Wildman–Crippen MR) is 103 cm³/mol. The lowest BCUT2D eigenvalue weighted by molar-refractivity contribution is -0.172. The fraction of sp³-hybridized carbons (Fsp3) is 1.00. The van der Waals surface area contributed by atoms with Gasteiger partial charge in [-0.3, -0.25) is 4.90 Å². The van der Waals surface area contributed by atoms with Crippen LogP contribution in [0.3, 0.4) is 0 Å². The molecule has 0 aromatic carbocycles. The molecule has 0 radical (unpaired) electrons. The Morgan fingerprint density at radius 2 is 1.46 bits per heavy atom. The Hall–Kier alpha value is -0.240. The van der Waals surface area contributed by atoms with Gasteiger partial charge in [0.25, 0.3) is 0 Å². The normalized spacial score (nSPS) is 27.1. The molecule has 0 bridgehead atoms. The van der Waals surface area contributed by atoms with Crippen LogP contribution in [-0.2, 0) is 14.2 Å². The van der Waals surface area contributed by atoms with E-state index in [2.05, 4.69) is 25.7 Å². The molecule has 1 aliphatic rings. The maximum absolute atomic E-state index is 10.5. The number of nitrogens with zero attached hydrogens (tertiary/aromatic N) is 1. The largest absolute Gasteiger partial charge is 0.389 e. The summed E-state index contributed by atoms with van der Waals surface area (Å²) in [5.74, 6) is 0. The molecule has 1 heterocycles. The first kappa shape index (κ1) is 23.8. The van der Waals surface area contributed by atoms with E-state index in [-0.39, 0.29) is 6.04 Å². The van der Waals surface area contributed by atoms with Gasteiger partial charge in [0, 0.05) is 32.9 Å². The number of likely N-dealkylation sites (tertiary alicyclic amines) is 1. The molecular formula is C20H41NO5. The quantitative estimate of drug-likeness (QED) is 0.428. The van der Waals surface area contributed by atoms with Gasteiger partial charge in [-0.2, -0.15) is 0 Å². The van der Waals surface area contributed by atoms with Crippen LogP contribution in [0.2, 0.25) is 0 Å². The molecule has 4 atom stereocenters. The van der Waals surface area contributed by atoms with Gasteiger partial charge in [0.1, 0.15) is 12.2 Å². The Morgan fingerprint density at radius 3 is 2.12 bits per heavy atom. The molecule has 1 aliphatic heterocycles. The monoisotopic (exact) mass is 375 g/mol. The number of β-amino-alcohol motifs (C(OH)–C–C–N with tert-alkyl or cyclic N) is 1. The smallest absolute Gasteiger partial charge is 0.109 e. The van der Waals surface area contributed by atoms with Gasteiger partial charge in [-0.25, -0.2) is 0 Å². The summed E-state index contributed by atoms with van der Waals surface area (Å²) in [6.07, 6.45) is 4.19. The van der Waals surface area contributed by atoms with E-state index in [4.69, 9.17) is 14.2 Å². The van der Waals surface area contributed by atoms with Crippen molar-refractivity contribution in [3.63, 3.8) is 0 Å². The maximum Gasteiger partial charge on any atom is 0.109 e. The van der Waals surface area contributed by atoms with Crippen molar-refractivity contribution >= 4 is 0 Å². The summed E-state index contributed by atoms with van der Waals surface area (Å²) in [7, 11) is 0. The zero-order chi connectivity index (χ0) is 19.2. The minimum Gasteiger partial charge on any atom is -0.389 e. The van der Waals surface area contributed by atoms with Crippen molar-refractivity contribution in [3.05, 3.63) is 0 Å². The van der Waals surface area contributed by atoms with Gasteiger partial charge in [0.2, 0.25) is 0 Å². The number of unbranched alkanes of at least 4 members (excludes halogenated alkanes) is 3. The number of hydrogen-bond acceptors (Lipinski definition) is 6. The number of piperidine rings is 1. The minimum absolute atomic E-state index is 0.0584. The Morgan fingerprint density at radius 1 is 0.846 bits per heavy atom. The van der Waals surface area contributed by atoms with Crippen LogP contribution in [0.5, 0.6) is 0 Å². The van der Waals surface area contributed by atoms with Crippen molar-refractivity contribution in [1.82, 2.24) is 4.90 Å². The highest BCUT2D eigenvalue weighted by Crippen LogP contribution is 2.22. The molecule has 6 nitrogen and oxygen atoms in total. The zero-order valence-corrected chi connectivity index (χ0v) is 17.1. The topological polar surface area (TPSA) is 71.4 Å². The second-order valence-electron chi connectivity index (χ2n) is 7.20. The molecule has 0 aromatic heterocycles. The number of ether oxygens (including phenoxy) is 3. The summed E-state index contributed by atoms with van der Waals surface area (Å²) in [6, 6.07) is -0.0584. The number of hydrogen-bond donors (Lipinski definition) is 2. The molecule has 0 amide bonds. The molecule has 0 aliphatic carbocycles. The fourth-order valence-corrected chi connectivity index (χ4v) is 3.15. The number of aliphatic hydroxyl groups excluding tert-OH is 2. The Balaban J connectivity index is 2.64. The Bertz CT molecular complexity index is 331. The Kier molecular flexibility index (Phi) is 13.5. The summed E-state index contributed by atoms with van der Waals surface area (Å²) in [5, 5.41) is 20.8. The lowest BCUT2D eigenvalue weighted by Gasteiger charge is -2.45. The first-order chi connectivity index (χ1) is 12.7. The van der Waals surface area contributed by atoms with Gasteiger partial charge in [-0.15, -0.1) is 0 Å². The van der Waals surface area contributed by atoms with E-state index in [0.29, 0.717) is 39.5 Å². The highest BCUT2D eigenvalue weighted by atomic mass is 16.5. The van der Waals surface area contributed by atoms with Gasteiger partial charge in [0.05, 0.1) is 25.4 Å². The predicted octanol–water partition coefficient (Wildman–Crippen LogP) is 2.21. The molecule has 2 N–H and O–H groups in total. The molecule has 156 valence electrons. The van der Waals surface area contributed by atoms with Crippen molar-refractivity contribution in [1.29, 1.82) is 0 Å².